The third-order valence-corrected chi connectivity index (χ3v) is 5.77. The Hall–Kier alpha value is -2.80. The first-order chi connectivity index (χ1) is 13.9. The third-order valence-electron chi connectivity index (χ3n) is 4.82. The molecule has 7 heteroatoms. The van der Waals surface area contributed by atoms with Gasteiger partial charge in [-0.15, -0.1) is 11.8 Å². The topological polar surface area (TPSA) is 69.7 Å². The third kappa shape index (κ3) is 5.60. The number of carbonyl (C=O) groups is 3. The lowest BCUT2D eigenvalue weighted by molar-refractivity contribution is -0.140. The van der Waals surface area contributed by atoms with Gasteiger partial charge in [-0.2, -0.15) is 0 Å². The fourth-order valence-corrected chi connectivity index (χ4v) is 4.18. The maximum absolute atomic E-state index is 13.2. The monoisotopic (exact) mass is 411 g/mol. The van der Waals surface area contributed by atoms with Gasteiger partial charge in [-0.3, -0.25) is 14.4 Å². The van der Waals surface area contributed by atoms with Crippen molar-refractivity contribution in [2.24, 2.45) is 0 Å². The zero-order valence-corrected chi connectivity index (χ0v) is 17.4. The van der Waals surface area contributed by atoms with E-state index >= 15 is 0 Å². The van der Waals surface area contributed by atoms with Gasteiger partial charge in [0.2, 0.25) is 17.7 Å². The normalized spacial score (nSPS) is 14.6. The van der Waals surface area contributed by atoms with E-state index < -0.39 is 0 Å². The molecule has 3 rings (SSSR count). The van der Waals surface area contributed by atoms with Gasteiger partial charge in [-0.05, 0) is 30.2 Å². The number of nitrogens with zero attached hydrogens (tertiary/aromatic N) is 2. The summed E-state index contributed by atoms with van der Waals surface area (Å²) in [5.74, 6) is 0.749. The van der Waals surface area contributed by atoms with Crippen molar-refractivity contribution < 1.29 is 14.4 Å². The predicted octanol–water partition coefficient (Wildman–Crippen LogP) is 3.27. The molecule has 1 heterocycles. The summed E-state index contributed by atoms with van der Waals surface area (Å²) in [5.41, 5.74) is 2.63. The van der Waals surface area contributed by atoms with Crippen molar-refractivity contribution in [1.82, 2.24) is 9.80 Å². The highest BCUT2D eigenvalue weighted by Gasteiger charge is 2.28. The van der Waals surface area contributed by atoms with Crippen LogP contribution in [-0.2, 0) is 20.9 Å². The van der Waals surface area contributed by atoms with Crippen molar-refractivity contribution in [2.45, 2.75) is 26.4 Å². The van der Waals surface area contributed by atoms with Crippen molar-refractivity contribution >= 4 is 35.2 Å². The van der Waals surface area contributed by atoms with E-state index in [0.717, 1.165) is 11.1 Å². The molecule has 1 aliphatic rings. The lowest BCUT2D eigenvalue weighted by atomic mass is 10.0. The van der Waals surface area contributed by atoms with Crippen molar-refractivity contribution in [3.8, 4) is 0 Å². The highest BCUT2D eigenvalue weighted by atomic mass is 32.2. The van der Waals surface area contributed by atoms with Crippen molar-refractivity contribution in [2.75, 3.05) is 23.5 Å². The first-order valence-corrected chi connectivity index (χ1v) is 10.7. The Balaban J connectivity index is 1.84. The molecule has 2 aromatic carbocycles. The fraction of sp³-hybridized carbons (Fsp3) is 0.318. The first-order valence-electron chi connectivity index (χ1n) is 9.50. The number of carbonyl (C=O) groups excluding carboxylic acids is 3. The number of nitrogens with one attached hydrogen (secondary N) is 1. The van der Waals surface area contributed by atoms with Crippen LogP contribution < -0.4 is 5.32 Å². The second-order valence-corrected chi connectivity index (χ2v) is 8.01. The maximum atomic E-state index is 13.2. The summed E-state index contributed by atoms with van der Waals surface area (Å²) in [7, 11) is 0. The second kappa shape index (κ2) is 9.60. The van der Waals surface area contributed by atoms with Gasteiger partial charge in [0.1, 0.15) is 6.54 Å². The molecule has 1 aliphatic heterocycles. The van der Waals surface area contributed by atoms with Crippen molar-refractivity contribution in [3.63, 3.8) is 0 Å². The maximum Gasteiger partial charge on any atom is 0.243 e. The largest absolute Gasteiger partial charge is 0.330 e. The van der Waals surface area contributed by atoms with Crippen LogP contribution in [0.2, 0.25) is 0 Å². The van der Waals surface area contributed by atoms with E-state index in [2.05, 4.69) is 5.32 Å². The zero-order valence-electron chi connectivity index (χ0n) is 16.6. The summed E-state index contributed by atoms with van der Waals surface area (Å²) in [5, 5.41) is 2.78. The van der Waals surface area contributed by atoms with Crippen LogP contribution in [0.1, 0.15) is 31.0 Å². The number of anilines is 1. The molecule has 1 saturated heterocycles. The van der Waals surface area contributed by atoms with Crippen LogP contribution in [0.5, 0.6) is 0 Å². The molecular formula is C22H25N3O3S. The highest BCUT2D eigenvalue weighted by molar-refractivity contribution is 8.00. The van der Waals surface area contributed by atoms with Crippen LogP contribution in [0.15, 0.2) is 54.6 Å². The summed E-state index contributed by atoms with van der Waals surface area (Å²) in [4.78, 5) is 39.9. The molecule has 29 heavy (non-hydrogen) atoms. The Morgan fingerprint density at radius 2 is 1.93 bits per heavy atom. The van der Waals surface area contributed by atoms with Crippen LogP contribution in [0.3, 0.4) is 0 Å². The minimum absolute atomic E-state index is 0.00307. The van der Waals surface area contributed by atoms with Gasteiger partial charge in [0.05, 0.1) is 17.7 Å². The van der Waals surface area contributed by atoms with Crippen LogP contribution >= 0.6 is 11.8 Å². The van der Waals surface area contributed by atoms with Crippen LogP contribution in [0.4, 0.5) is 5.69 Å². The van der Waals surface area contributed by atoms with Gasteiger partial charge in [0.15, 0.2) is 0 Å². The summed E-state index contributed by atoms with van der Waals surface area (Å²) < 4.78 is 0. The quantitative estimate of drug-likeness (QED) is 0.759. The SMILES string of the molecule is CC(=O)Nc1cccc(C(C)N(Cc2ccccc2)C(=O)CN2CSCC2=O)c1. The smallest absolute Gasteiger partial charge is 0.243 e. The van der Waals surface area contributed by atoms with Crippen molar-refractivity contribution in [3.05, 3.63) is 65.7 Å². The minimum Gasteiger partial charge on any atom is -0.330 e. The molecule has 0 aromatic heterocycles. The average Bonchev–Trinajstić information content (AvgIpc) is 3.10. The Morgan fingerprint density at radius 1 is 1.17 bits per heavy atom. The lowest BCUT2D eigenvalue weighted by Crippen LogP contribution is -2.42. The molecule has 1 fully saturated rings. The lowest BCUT2D eigenvalue weighted by Gasteiger charge is -2.31. The van der Waals surface area contributed by atoms with Gasteiger partial charge in [0.25, 0.3) is 0 Å². The standard InChI is InChI=1S/C22H25N3O3S/c1-16(19-9-6-10-20(11-19)23-17(2)26)25(12-18-7-4-3-5-8-18)21(27)13-24-15-29-14-22(24)28/h3-11,16H,12-15H2,1-2H3,(H,23,26). The fourth-order valence-electron chi connectivity index (χ4n) is 3.28. The molecule has 0 aliphatic carbocycles. The number of benzene rings is 2. The Bertz CT molecular complexity index is 888. The molecule has 2 aromatic rings. The molecule has 0 saturated carbocycles. The number of amides is 3. The van der Waals surface area contributed by atoms with E-state index in [-0.39, 0.29) is 30.3 Å². The summed E-state index contributed by atoms with van der Waals surface area (Å²) in [6, 6.07) is 17.1. The van der Waals surface area contributed by atoms with E-state index in [4.69, 9.17) is 0 Å². The number of rotatable bonds is 7. The predicted molar refractivity (Wildman–Crippen MR) is 115 cm³/mol. The van der Waals surface area contributed by atoms with Gasteiger partial charge >= 0.3 is 0 Å². The van der Waals surface area contributed by atoms with E-state index in [9.17, 15) is 14.4 Å². The second-order valence-electron chi connectivity index (χ2n) is 7.06. The van der Waals surface area contributed by atoms with E-state index in [1.165, 1.54) is 18.7 Å². The Morgan fingerprint density at radius 3 is 2.59 bits per heavy atom. The molecule has 0 bridgehead atoms. The van der Waals surface area contributed by atoms with E-state index in [1.54, 1.807) is 9.80 Å². The molecule has 1 unspecified atom stereocenters. The van der Waals surface area contributed by atoms with Gasteiger partial charge < -0.3 is 15.1 Å². The van der Waals surface area contributed by atoms with Crippen LogP contribution in [-0.4, -0.2) is 45.7 Å². The Kier molecular flexibility index (Phi) is 6.93. The van der Waals surface area contributed by atoms with Crippen LogP contribution in [0, 0.1) is 0 Å². The number of hydrogen-bond acceptors (Lipinski definition) is 4. The molecule has 0 radical (unpaired) electrons. The summed E-state index contributed by atoms with van der Waals surface area (Å²) in [6.07, 6.45) is 0. The van der Waals surface area contributed by atoms with Crippen molar-refractivity contribution in [1.29, 1.82) is 0 Å². The first kappa shape index (κ1) is 20.9. The average molecular weight is 412 g/mol. The minimum atomic E-state index is -0.221. The molecule has 0 spiro atoms. The number of thioether (sulfide) groups is 1. The molecule has 1 N–H and O–H groups in total. The molecule has 6 nitrogen and oxygen atoms in total. The molecule has 152 valence electrons. The summed E-state index contributed by atoms with van der Waals surface area (Å²) >= 11 is 1.53. The number of hydrogen-bond donors (Lipinski definition) is 1. The zero-order chi connectivity index (χ0) is 20.8. The van der Waals surface area contributed by atoms with Gasteiger partial charge in [0, 0.05) is 19.2 Å². The van der Waals surface area contributed by atoms with Gasteiger partial charge in [-0.25, -0.2) is 0 Å². The summed E-state index contributed by atoms with van der Waals surface area (Å²) in [6.45, 7) is 3.95. The Labute approximate surface area is 175 Å². The van der Waals surface area contributed by atoms with E-state index in [0.29, 0.717) is 23.9 Å². The molecular weight excluding hydrogens is 386 g/mol. The molecule has 1 atom stereocenters. The van der Waals surface area contributed by atoms with Gasteiger partial charge in [-0.1, -0.05) is 42.5 Å². The van der Waals surface area contributed by atoms with Crippen LogP contribution in [0.25, 0.3) is 0 Å². The molecule has 3 amide bonds. The highest BCUT2D eigenvalue weighted by Crippen LogP contribution is 2.26. The van der Waals surface area contributed by atoms with E-state index in [1.807, 2.05) is 61.5 Å².